The highest BCUT2D eigenvalue weighted by Crippen LogP contribution is 2.30. The lowest BCUT2D eigenvalue weighted by molar-refractivity contribution is 0.0763. The molecule has 1 heterocycles. The summed E-state index contributed by atoms with van der Waals surface area (Å²) >= 11 is 3.52. The summed E-state index contributed by atoms with van der Waals surface area (Å²) < 4.78 is 6.47. The molecule has 5 heteroatoms. The van der Waals surface area contributed by atoms with Gasteiger partial charge in [-0.25, -0.2) is 0 Å². The topological polar surface area (TPSA) is 48.3 Å². The maximum Gasteiger partial charge on any atom is 0.161 e. The Balaban J connectivity index is 2.31. The van der Waals surface area contributed by atoms with Gasteiger partial charge in [-0.15, -0.1) is 0 Å². The SMILES string of the molecule is CNC(C)c1cc(Br)ccc1N1CCOC(C#N)C1. The predicted molar refractivity (Wildman–Crippen MR) is 79.2 cm³/mol. The lowest BCUT2D eigenvalue weighted by Gasteiger charge is -2.34. The molecule has 0 radical (unpaired) electrons. The van der Waals surface area contributed by atoms with E-state index in [1.165, 1.54) is 11.3 Å². The minimum Gasteiger partial charge on any atom is -0.365 e. The van der Waals surface area contributed by atoms with E-state index < -0.39 is 0 Å². The Hall–Kier alpha value is -1.09. The van der Waals surface area contributed by atoms with Crippen LogP contribution >= 0.6 is 15.9 Å². The van der Waals surface area contributed by atoms with Gasteiger partial charge in [0.15, 0.2) is 6.10 Å². The summed E-state index contributed by atoms with van der Waals surface area (Å²) in [5, 5.41) is 12.3. The van der Waals surface area contributed by atoms with Crippen molar-refractivity contribution in [2.75, 3.05) is 31.6 Å². The Morgan fingerprint density at radius 2 is 2.37 bits per heavy atom. The largest absolute Gasteiger partial charge is 0.365 e. The summed E-state index contributed by atoms with van der Waals surface area (Å²) in [6.07, 6.45) is -0.338. The second-order valence-corrected chi connectivity index (χ2v) is 5.56. The number of nitrogens with one attached hydrogen (secondary N) is 1. The van der Waals surface area contributed by atoms with Gasteiger partial charge in [0.1, 0.15) is 0 Å². The van der Waals surface area contributed by atoms with Crippen LogP contribution in [0.15, 0.2) is 22.7 Å². The van der Waals surface area contributed by atoms with E-state index in [4.69, 9.17) is 10.00 Å². The van der Waals surface area contributed by atoms with Gasteiger partial charge in [0.2, 0.25) is 0 Å². The highest BCUT2D eigenvalue weighted by molar-refractivity contribution is 9.10. The number of nitriles is 1. The third-order valence-electron chi connectivity index (χ3n) is 3.44. The maximum atomic E-state index is 9.00. The molecule has 1 saturated heterocycles. The molecule has 0 aromatic heterocycles. The van der Waals surface area contributed by atoms with Crippen LogP contribution in [0.4, 0.5) is 5.69 Å². The molecule has 0 saturated carbocycles. The smallest absolute Gasteiger partial charge is 0.161 e. The van der Waals surface area contributed by atoms with E-state index in [9.17, 15) is 0 Å². The van der Waals surface area contributed by atoms with Crippen molar-refractivity contribution in [2.45, 2.75) is 19.1 Å². The summed E-state index contributed by atoms with van der Waals surface area (Å²) in [6.45, 7) is 4.18. The Bertz CT molecular complexity index is 486. The van der Waals surface area contributed by atoms with E-state index in [0.717, 1.165) is 11.0 Å². The summed E-state index contributed by atoms with van der Waals surface area (Å²) in [4.78, 5) is 2.23. The van der Waals surface area contributed by atoms with Gasteiger partial charge in [-0.3, -0.25) is 0 Å². The van der Waals surface area contributed by atoms with Gasteiger partial charge in [0.25, 0.3) is 0 Å². The van der Waals surface area contributed by atoms with Gasteiger partial charge < -0.3 is 15.0 Å². The first-order valence-electron chi connectivity index (χ1n) is 6.38. The maximum absolute atomic E-state index is 9.00. The van der Waals surface area contributed by atoms with Crippen LogP contribution in [0.3, 0.4) is 0 Å². The Kier molecular flexibility index (Phi) is 4.81. The normalized spacial score (nSPS) is 20.9. The monoisotopic (exact) mass is 323 g/mol. The average molecular weight is 324 g/mol. The highest BCUT2D eigenvalue weighted by Gasteiger charge is 2.23. The molecule has 1 fully saturated rings. The average Bonchev–Trinajstić information content (AvgIpc) is 2.46. The van der Waals surface area contributed by atoms with Crippen molar-refractivity contribution in [3.05, 3.63) is 28.2 Å². The molecule has 1 aromatic carbocycles. The van der Waals surface area contributed by atoms with E-state index >= 15 is 0 Å². The van der Waals surface area contributed by atoms with Gasteiger partial charge in [-0.2, -0.15) is 5.26 Å². The molecule has 1 aromatic rings. The van der Waals surface area contributed by atoms with Gasteiger partial charge in [0, 0.05) is 22.7 Å². The van der Waals surface area contributed by atoms with E-state index in [1.54, 1.807) is 0 Å². The molecular weight excluding hydrogens is 306 g/mol. The fraction of sp³-hybridized carbons (Fsp3) is 0.500. The van der Waals surface area contributed by atoms with E-state index in [-0.39, 0.29) is 12.1 Å². The van der Waals surface area contributed by atoms with E-state index in [0.29, 0.717) is 13.2 Å². The quantitative estimate of drug-likeness (QED) is 0.928. The number of hydrogen-bond donors (Lipinski definition) is 1. The van der Waals surface area contributed by atoms with Crippen LogP contribution in [-0.4, -0.2) is 32.8 Å². The lowest BCUT2D eigenvalue weighted by Crippen LogP contribution is -2.42. The van der Waals surface area contributed by atoms with Crippen LogP contribution in [-0.2, 0) is 4.74 Å². The first-order chi connectivity index (χ1) is 9.15. The summed E-state index contributed by atoms with van der Waals surface area (Å²) in [5.74, 6) is 0. The zero-order valence-corrected chi connectivity index (χ0v) is 12.8. The minimum atomic E-state index is -0.338. The number of nitrogens with zero attached hydrogens (tertiary/aromatic N) is 2. The van der Waals surface area contributed by atoms with Crippen molar-refractivity contribution in [3.63, 3.8) is 0 Å². The lowest BCUT2D eigenvalue weighted by atomic mass is 10.0. The van der Waals surface area contributed by atoms with Crippen molar-refractivity contribution in [1.82, 2.24) is 5.32 Å². The molecule has 2 rings (SSSR count). The number of hydrogen-bond acceptors (Lipinski definition) is 4. The third kappa shape index (κ3) is 3.27. The molecule has 0 spiro atoms. The van der Waals surface area contributed by atoms with Gasteiger partial charge in [-0.1, -0.05) is 15.9 Å². The zero-order chi connectivity index (χ0) is 13.8. The second kappa shape index (κ2) is 6.38. The van der Waals surface area contributed by atoms with E-state index in [2.05, 4.69) is 51.3 Å². The standard InChI is InChI=1S/C14H18BrN3O/c1-10(17-2)13-7-11(15)3-4-14(13)18-5-6-19-12(8-16)9-18/h3-4,7,10,12,17H,5-6,9H2,1-2H3. The fourth-order valence-corrected chi connectivity index (χ4v) is 2.64. The Morgan fingerprint density at radius 1 is 1.58 bits per heavy atom. The molecular formula is C14H18BrN3O. The summed E-state index contributed by atoms with van der Waals surface area (Å²) in [7, 11) is 1.95. The van der Waals surface area contributed by atoms with Crippen LogP contribution in [0, 0.1) is 11.3 Å². The zero-order valence-electron chi connectivity index (χ0n) is 11.2. The Labute approximate surface area is 122 Å². The number of ether oxygens (including phenoxy) is 1. The minimum absolute atomic E-state index is 0.260. The van der Waals surface area contributed by atoms with Gasteiger partial charge in [-0.05, 0) is 37.7 Å². The van der Waals surface area contributed by atoms with Crippen molar-refractivity contribution in [3.8, 4) is 6.07 Å². The number of benzene rings is 1. The number of anilines is 1. The molecule has 19 heavy (non-hydrogen) atoms. The van der Waals surface area contributed by atoms with Crippen molar-refractivity contribution < 1.29 is 4.74 Å². The van der Waals surface area contributed by atoms with Gasteiger partial charge >= 0.3 is 0 Å². The first kappa shape index (κ1) is 14.3. The van der Waals surface area contributed by atoms with Crippen LogP contribution in [0.1, 0.15) is 18.5 Å². The second-order valence-electron chi connectivity index (χ2n) is 4.65. The first-order valence-corrected chi connectivity index (χ1v) is 7.18. The summed E-state index contributed by atoms with van der Waals surface area (Å²) in [5.41, 5.74) is 2.41. The van der Waals surface area contributed by atoms with E-state index in [1.807, 2.05) is 13.1 Å². The number of rotatable bonds is 3. The summed E-state index contributed by atoms with van der Waals surface area (Å²) in [6, 6.07) is 8.73. The molecule has 1 aliphatic heterocycles. The predicted octanol–water partition coefficient (Wildman–Crippen LogP) is 2.46. The molecule has 1 aliphatic rings. The molecule has 1 N–H and O–H groups in total. The van der Waals surface area contributed by atoms with Crippen molar-refractivity contribution in [1.29, 1.82) is 5.26 Å². The van der Waals surface area contributed by atoms with Crippen LogP contribution < -0.4 is 10.2 Å². The Morgan fingerprint density at radius 3 is 3.05 bits per heavy atom. The molecule has 2 unspecified atom stereocenters. The fourth-order valence-electron chi connectivity index (χ4n) is 2.26. The highest BCUT2D eigenvalue weighted by atomic mass is 79.9. The van der Waals surface area contributed by atoms with Crippen molar-refractivity contribution >= 4 is 21.6 Å². The number of morpholine rings is 1. The number of halogens is 1. The van der Waals surface area contributed by atoms with Crippen molar-refractivity contribution in [2.24, 2.45) is 0 Å². The van der Waals surface area contributed by atoms with Crippen LogP contribution in [0.2, 0.25) is 0 Å². The molecule has 4 nitrogen and oxygen atoms in total. The molecule has 0 amide bonds. The third-order valence-corrected chi connectivity index (χ3v) is 3.93. The molecule has 0 bridgehead atoms. The molecule has 2 atom stereocenters. The van der Waals surface area contributed by atoms with Crippen LogP contribution in [0.5, 0.6) is 0 Å². The van der Waals surface area contributed by atoms with Gasteiger partial charge in [0.05, 0.1) is 19.2 Å². The molecule has 0 aliphatic carbocycles. The molecule has 102 valence electrons. The van der Waals surface area contributed by atoms with Crippen LogP contribution in [0.25, 0.3) is 0 Å².